The molecule has 1 aromatic carbocycles. The van der Waals surface area contributed by atoms with Crippen molar-refractivity contribution in [1.82, 2.24) is 4.90 Å². The second-order valence-electron chi connectivity index (χ2n) is 4.56. The highest BCUT2D eigenvalue weighted by Crippen LogP contribution is 2.28. The summed E-state index contributed by atoms with van der Waals surface area (Å²) >= 11 is 5.78. The molecule has 0 N–H and O–H groups in total. The number of benzene rings is 1. The van der Waals surface area contributed by atoms with E-state index in [2.05, 4.69) is 12.1 Å². The third kappa shape index (κ3) is 3.22. The zero-order chi connectivity index (χ0) is 12.1. The molecular formula is C14H18ClNO. The van der Waals surface area contributed by atoms with Crippen LogP contribution in [0.4, 0.5) is 0 Å². The van der Waals surface area contributed by atoms with Crippen molar-refractivity contribution in [2.24, 2.45) is 5.92 Å². The third-order valence-electron chi connectivity index (χ3n) is 3.34. The molecule has 0 atom stereocenters. The number of halogens is 1. The lowest BCUT2D eigenvalue weighted by atomic mass is 9.84. The monoisotopic (exact) mass is 251 g/mol. The first-order valence-corrected chi connectivity index (χ1v) is 6.73. The number of alkyl halides is 1. The molecule has 1 aliphatic rings. The maximum absolute atomic E-state index is 12.2. The molecule has 92 valence electrons. The van der Waals surface area contributed by atoms with Gasteiger partial charge in [-0.1, -0.05) is 36.8 Å². The van der Waals surface area contributed by atoms with E-state index >= 15 is 0 Å². The van der Waals surface area contributed by atoms with Crippen molar-refractivity contribution in [3.63, 3.8) is 0 Å². The molecule has 0 bridgehead atoms. The van der Waals surface area contributed by atoms with Crippen LogP contribution < -0.4 is 0 Å². The van der Waals surface area contributed by atoms with Crippen molar-refractivity contribution < 1.29 is 4.79 Å². The summed E-state index contributed by atoms with van der Waals surface area (Å²) in [5, 5.41) is 0. The molecule has 1 aliphatic carbocycles. The van der Waals surface area contributed by atoms with Gasteiger partial charge in [-0.3, -0.25) is 4.79 Å². The smallest absolute Gasteiger partial charge is 0.226 e. The highest BCUT2D eigenvalue weighted by Gasteiger charge is 2.29. The van der Waals surface area contributed by atoms with Crippen LogP contribution in [-0.4, -0.2) is 23.2 Å². The molecule has 1 saturated carbocycles. The molecule has 3 heteroatoms. The van der Waals surface area contributed by atoms with Crippen molar-refractivity contribution in [2.45, 2.75) is 25.8 Å². The standard InChI is InChI=1S/C14H18ClNO/c15-9-10-16(14(17)13-7-4-8-13)11-12-5-2-1-3-6-12/h1-3,5-6,13H,4,7-11H2. The predicted octanol–water partition coefficient (Wildman–Crippen LogP) is 3.05. The summed E-state index contributed by atoms with van der Waals surface area (Å²) in [5.41, 5.74) is 1.17. The third-order valence-corrected chi connectivity index (χ3v) is 3.51. The summed E-state index contributed by atoms with van der Waals surface area (Å²) in [6.07, 6.45) is 3.29. The normalized spacial score (nSPS) is 15.4. The topological polar surface area (TPSA) is 20.3 Å². The quantitative estimate of drug-likeness (QED) is 0.737. The van der Waals surface area contributed by atoms with Gasteiger partial charge in [-0.15, -0.1) is 11.6 Å². The van der Waals surface area contributed by atoms with Crippen LogP contribution in [-0.2, 0) is 11.3 Å². The Balaban J connectivity index is 1.99. The molecule has 0 heterocycles. The average molecular weight is 252 g/mol. The maximum Gasteiger partial charge on any atom is 0.226 e. The molecule has 0 radical (unpaired) electrons. The van der Waals surface area contributed by atoms with E-state index in [0.29, 0.717) is 19.0 Å². The molecule has 0 aromatic heterocycles. The molecule has 0 unspecified atom stereocenters. The van der Waals surface area contributed by atoms with Gasteiger partial charge >= 0.3 is 0 Å². The second kappa shape index (κ2) is 6.06. The van der Waals surface area contributed by atoms with Gasteiger partial charge in [0.15, 0.2) is 0 Å². The number of amides is 1. The highest BCUT2D eigenvalue weighted by molar-refractivity contribution is 6.18. The Morgan fingerprint density at radius 2 is 2.00 bits per heavy atom. The molecule has 2 rings (SSSR count). The first-order valence-electron chi connectivity index (χ1n) is 6.20. The van der Waals surface area contributed by atoms with Gasteiger partial charge in [-0.25, -0.2) is 0 Å². The summed E-state index contributed by atoms with van der Waals surface area (Å²) in [6.45, 7) is 1.33. The lowest BCUT2D eigenvalue weighted by molar-refractivity contribution is -0.138. The van der Waals surface area contributed by atoms with Crippen molar-refractivity contribution in [3.05, 3.63) is 35.9 Å². The van der Waals surface area contributed by atoms with E-state index in [1.807, 2.05) is 23.1 Å². The number of hydrogen-bond acceptors (Lipinski definition) is 1. The zero-order valence-electron chi connectivity index (χ0n) is 9.94. The summed E-state index contributed by atoms with van der Waals surface area (Å²) in [4.78, 5) is 14.1. The molecule has 2 nitrogen and oxygen atoms in total. The van der Waals surface area contributed by atoms with Gasteiger partial charge in [0.25, 0.3) is 0 Å². The van der Waals surface area contributed by atoms with E-state index in [0.717, 1.165) is 12.8 Å². The van der Waals surface area contributed by atoms with Crippen molar-refractivity contribution in [1.29, 1.82) is 0 Å². The molecular weight excluding hydrogens is 234 g/mol. The van der Waals surface area contributed by atoms with Crippen molar-refractivity contribution >= 4 is 17.5 Å². The van der Waals surface area contributed by atoms with E-state index in [4.69, 9.17) is 11.6 Å². The van der Waals surface area contributed by atoms with Gasteiger partial charge in [0.1, 0.15) is 0 Å². The Bertz CT molecular complexity index is 362. The first kappa shape index (κ1) is 12.4. The summed E-state index contributed by atoms with van der Waals surface area (Å²) < 4.78 is 0. The van der Waals surface area contributed by atoms with E-state index in [1.165, 1.54) is 12.0 Å². The SMILES string of the molecule is O=C(C1CCC1)N(CCCl)Cc1ccccc1. The van der Waals surface area contributed by atoms with Crippen LogP contribution in [0.15, 0.2) is 30.3 Å². The number of rotatable bonds is 5. The van der Waals surface area contributed by atoms with Crippen molar-refractivity contribution in [2.75, 3.05) is 12.4 Å². The fraction of sp³-hybridized carbons (Fsp3) is 0.500. The summed E-state index contributed by atoms with van der Waals surface area (Å²) in [7, 11) is 0. The van der Waals surface area contributed by atoms with Gasteiger partial charge in [0.2, 0.25) is 5.91 Å². The molecule has 17 heavy (non-hydrogen) atoms. The minimum Gasteiger partial charge on any atom is -0.337 e. The number of carbonyl (C=O) groups is 1. The van der Waals surface area contributed by atoms with Crippen molar-refractivity contribution in [3.8, 4) is 0 Å². The van der Waals surface area contributed by atoms with Gasteiger partial charge < -0.3 is 4.90 Å². The molecule has 1 amide bonds. The van der Waals surface area contributed by atoms with Crippen LogP contribution in [0, 0.1) is 5.92 Å². The first-order chi connectivity index (χ1) is 8.31. The largest absolute Gasteiger partial charge is 0.337 e. The summed E-state index contributed by atoms with van der Waals surface area (Å²) in [5.74, 6) is 1.04. The Labute approximate surface area is 108 Å². The predicted molar refractivity (Wildman–Crippen MR) is 69.9 cm³/mol. The number of nitrogens with zero attached hydrogens (tertiary/aromatic N) is 1. The van der Waals surface area contributed by atoms with Crippen LogP contribution in [0.25, 0.3) is 0 Å². The molecule has 0 saturated heterocycles. The lowest BCUT2D eigenvalue weighted by Gasteiger charge is -2.31. The van der Waals surface area contributed by atoms with Gasteiger partial charge in [0.05, 0.1) is 0 Å². The zero-order valence-corrected chi connectivity index (χ0v) is 10.7. The molecule has 1 aromatic rings. The van der Waals surface area contributed by atoms with Gasteiger partial charge in [-0.05, 0) is 18.4 Å². The van der Waals surface area contributed by atoms with Crippen LogP contribution in [0.1, 0.15) is 24.8 Å². The van der Waals surface area contributed by atoms with E-state index in [1.54, 1.807) is 0 Å². The molecule has 0 aliphatic heterocycles. The second-order valence-corrected chi connectivity index (χ2v) is 4.94. The Hall–Kier alpha value is -1.02. The van der Waals surface area contributed by atoms with Crippen LogP contribution in [0.3, 0.4) is 0 Å². The molecule has 0 spiro atoms. The van der Waals surface area contributed by atoms with Crippen LogP contribution in [0.5, 0.6) is 0 Å². The average Bonchev–Trinajstić information content (AvgIpc) is 2.27. The van der Waals surface area contributed by atoms with E-state index in [-0.39, 0.29) is 11.8 Å². The van der Waals surface area contributed by atoms with E-state index < -0.39 is 0 Å². The van der Waals surface area contributed by atoms with Crippen LogP contribution in [0.2, 0.25) is 0 Å². The Kier molecular flexibility index (Phi) is 4.43. The summed E-state index contributed by atoms with van der Waals surface area (Å²) in [6, 6.07) is 10.1. The fourth-order valence-corrected chi connectivity index (χ4v) is 2.29. The minimum absolute atomic E-state index is 0.252. The number of hydrogen-bond donors (Lipinski definition) is 0. The Morgan fingerprint density at radius 3 is 2.53 bits per heavy atom. The Morgan fingerprint density at radius 1 is 1.29 bits per heavy atom. The van der Waals surface area contributed by atoms with Gasteiger partial charge in [0, 0.05) is 24.9 Å². The fourth-order valence-electron chi connectivity index (χ4n) is 2.09. The van der Waals surface area contributed by atoms with Crippen LogP contribution >= 0.6 is 11.6 Å². The molecule has 1 fully saturated rings. The van der Waals surface area contributed by atoms with Gasteiger partial charge in [-0.2, -0.15) is 0 Å². The highest BCUT2D eigenvalue weighted by atomic mass is 35.5. The minimum atomic E-state index is 0.252. The number of carbonyl (C=O) groups excluding carboxylic acids is 1. The lowest BCUT2D eigenvalue weighted by Crippen LogP contribution is -2.39. The maximum atomic E-state index is 12.2. The van der Waals surface area contributed by atoms with E-state index in [9.17, 15) is 4.79 Å².